The van der Waals surface area contributed by atoms with Crippen molar-refractivity contribution >= 4 is 15.9 Å². The summed E-state index contributed by atoms with van der Waals surface area (Å²) in [6.45, 7) is -0.0574. The average Bonchev–Trinajstić information content (AvgIpc) is 2.42. The van der Waals surface area contributed by atoms with E-state index in [1.165, 1.54) is 0 Å². The molecule has 3 N–H and O–H groups in total. The van der Waals surface area contributed by atoms with Crippen molar-refractivity contribution in [3.05, 3.63) is 64.4 Å². The molecule has 1 heterocycles. The quantitative estimate of drug-likeness (QED) is 0.890. The highest BCUT2D eigenvalue weighted by molar-refractivity contribution is 9.10. The molecule has 0 fully saturated rings. The second-order valence-electron chi connectivity index (χ2n) is 3.66. The van der Waals surface area contributed by atoms with Crippen LogP contribution in [-0.2, 0) is 0 Å². The highest BCUT2D eigenvalue weighted by Crippen LogP contribution is 2.13. The number of hydrogen-bond donors (Lipinski definition) is 2. The summed E-state index contributed by atoms with van der Waals surface area (Å²) in [5.41, 5.74) is 6.39. The fourth-order valence-electron chi connectivity index (χ4n) is 1.17. The Labute approximate surface area is 118 Å². The van der Waals surface area contributed by atoms with Crippen molar-refractivity contribution < 1.29 is 13.9 Å². The number of rotatable bonds is 2. The lowest BCUT2D eigenvalue weighted by Gasteiger charge is -2.06. The highest BCUT2D eigenvalue weighted by atomic mass is 79.9. The smallest absolute Gasteiger partial charge is 0.123 e. The topological polar surface area (TPSA) is 59.1 Å². The Kier molecular flexibility index (Phi) is 6.55. The SMILES string of the molecule is Fc1ccc(F)cc1.NC(CO)c1cncc(Br)c1. The fourth-order valence-corrected chi connectivity index (χ4v) is 1.55. The molecule has 102 valence electrons. The largest absolute Gasteiger partial charge is 0.394 e. The maximum atomic E-state index is 11.9. The molecule has 6 heteroatoms. The van der Waals surface area contributed by atoms with E-state index in [1.54, 1.807) is 12.4 Å². The molecule has 0 amide bonds. The van der Waals surface area contributed by atoms with Gasteiger partial charge in [0.25, 0.3) is 0 Å². The number of aliphatic hydroxyl groups is 1. The summed E-state index contributed by atoms with van der Waals surface area (Å²) < 4.78 is 24.7. The van der Waals surface area contributed by atoms with Crippen LogP contribution in [0.25, 0.3) is 0 Å². The van der Waals surface area contributed by atoms with Crippen LogP contribution in [0.1, 0.15) is 11.6 Å². The summed E-state index contributed by atoms with van der Waals surface area (Å²) in [6, 6.07) is 5.82. The third-order valence-electron chi connectivity index (χ3n) is 2.15. The van der Waals surface area contributed by atoms with Gasteiger partial charge in [0.2, 0.25) is 0 Å². The van der Waals surface area contributed by atoms with Crippen molar-refractivity contribution in [2.45, 2.75) is 6.04 Å². The maximum Gasteiger partial charge on any atom is 0.123 e. The van der Waals surface area contributed by atoms with Crippen LogP contribution in [-0.4, -0.2) is 16.7 Å². The molecule has 1 atom stereocenters. The molecule has 0 aliphatic carbocycles. The second kappa shape index (κ2) is 7.93. The fraction of sp³-hybridized carbons (Fsp3) is 0.154. The van der Waals surface area contributed by atoms with Gasteiger partial charge in [-0.15, -0.1) is 0 Å². The summed E-state index contributed by atoms with van der Waals surface area (Å²) in [4.78, 5) is 3.92. The Morgan fingerprint density at radius 3 is 2.11 bits per heavy atom. The molecule has 1 aromatic heterocycles. The number of hydrogen-bond acceptors (Lipinski definition) is 3. The van der Waals surface area contributed by atoms with E-state index in [-0.39, 0.29) is 12.6 Å². The first kappa shape index (κ1) is 15.7. The molecule has 0 spiro atoms. The van der Waals surface area contributed by atoms with E-state index < -0.39 is 11.6 Å². The first-order chi connectivity index (χ1) is 9.02. The van der Waals surface area contributed by atoms with Crippen molar-refractivity contribution in [1.82, 2.24) is 4.98 Å². The van der Waals surface area contributed by atoms with Gasteiger partial charge in [-0.25, -0.2) is 8.78 Å². The van der Waals surface area contributed by atoms with Gasteiger partial charge in [0.1, 0.15) is 11.6 Å². The molecule has 0 aliphatic rings. The molecule has 0 radical (unpaired) electrons. The summed E-state index contributed by atoms with van der Waals surface area (Å²) in [5.74, 6) is -0.821. The first-order valence-electron chi connectivity index (χ1n) is 5.41. The summed E-state index contributed by atoms with van der Waals surface area (Å²) in [5, 5.41) is 8.71. The molecule has 0 aliphatic heterocycles. The Hall–Kier alpha value is -1.37. The van der Waals surface area contributed by atoms with Gasteiger partial charge in [0.05, 0.1) is 12.6 Å². The predicted octanol–water partition coefficient (Wildman–Crippen LogP) is 2.80. The van der Waals surface area contributed by atoms with Gasteiger partial charge < -0.3 is 10.8 Å². The molecule has 1 aromatic carbocycles. The molecular formula is C13H13BrF2N2O. The minimum Gasteiger partial charge on any atom is -0.394 e. The summed E-state index contributed by atoms with van der Waals surface area (Å²) in [7, 11) is 0. The van der Waals surface area contributed by atoms with Gasteiger partial charge in [-0.3, -0.25) is 4.98 Å². The van der Waals surface area contributed by atoms with E-state index in [1.807, 2.05) is 6.07 Å². The number of nitrogens with two attached hydrogens (primary N) is 1. The van der Waals surface area contributed by atoms with E-state index in [2.05, 4.69) is 20.9 Å². The number of aromatic nitrogens is 1. The van der Waals surface area contributed by atoms with Crippen molar-refractivity contribution in [3.8, 4) is 0 Å². The molecule has 19 heavy (non-hydrogen) atoms. The van der Waals surface area contributed by atoms with Crippen molar-refractivity contribution in [2.24, 2.45) is 5.73 Å². The average molecular weight is 331 g/mol. The number of halogens is 3. The highest BCUT2D eigenvalue weighted by Gasteiger charge is 2.03. The van der Waals surface area contributed by atoms with Crippen LogP contribution < -0.4 is 5.73 Å². The van der Waals surface area contributed by atoms with Crippen LogP contribution >= 0.6 is 15.9 Å². The van der Waals surface area contributed by atoms with Gasteiger partial charge >= 0.3 is 0 Å². The van der Waals surface area contributed by atoms with Gasteiger partial charge in [0.15, 0.2) is 0 Å². The number of aliphatic hydroxyl groups excluding tert-OH is 1. The summed E-state index contributed by atoms with van der Waals surface area (Å²) >= 11 is 3.26. The van der Waals surface area contributed by atoms with Crippen molar-refractivity contribution in [3.63, 3.8) is 0 Å². The van der Waals surface area contributed by atoms with Crippen LogP contribution in [0.4, 0.5) is 8.78 Å². The van der Waals surface area contributed by atoms with Crippen LogP contribution in [0.5, 0.6) is 0 Å². The van der Waals surface area contributed by atoms with Crippen molar-refractivity contribution in [1.29, 1.82) is 0 Å². The standard InChI is InChI=1S/C7H9BrN2O.C6H4F2/c8-6-1-5(2-10-3-6)7(9)4-11;7-5-1-2-6(8)4-3-5/h1-3,7,11H,4,9H2;1-4H. The van der Waals surface area contributed by atoms with Crippen LogP contribution in [0.2, 0.25) is 0 Å². The lowest BCUT2D eigenvalue weighted by Crippen LogP contribution is -2.14. The normalized spacial score (nSPS) is 11.4. The van der Waals surface area contributed by atoms with Crippen molar-refractivity contribution in [2.75, 3.05) is 6.61 Å². The zero-order valence-corrected chi connectivity index (χ0v) is 11.5. The van der Waals surface area contributed by atoms with Gasteiger partial charge in [-0.1, -0.05) is 0 Å². The monoisotopic (exact) mass is 330 g/mol. The Balaban J connectivity index is 0.000000200. The number of benzene rings is 1. The van der Waals surface area contributed by atoms with E-state index in [9.17, 15) is 8.78 Å². The van der Waals surface area contributed by atoms with Crippen LogP contribution in [0.15, 0.2) is 47.2 Å². The third-order valence-corrected chi connectivity index (χ3v) is 2.59. The van der Waals surface area contributed by atoms with Gasteiger partial charge in [0, 0.05) is 16.9 Å². The Morgan fingerprint density at radius 1 is 1.16 bits per heavy atom. The van der Waals surface area contributed by atoms with Gasteiger partial charge in [-0.05, 0) is 51.8 Å². The molecular weight excluding hydrogens is 318 g/mol. The third kappa shape index (κ3) is 5.87. The minimum absolute atomic E-state index is 0.0574. The van der Waals surface area contributed by atoms with E-state index in [4.69, 9.17) is 10.8 Å². The lowest BCUT2D eigenvalue weighted by molar-refractivity contribution is 0.268. The van der Waals surface area contributed by atoms with Gasteiger partial charge in [-0.2, -0.15) is 0 Å². The Bertz CT molecular complexity index is 487. The molecule has 0 saturated heterocycles. The van der Waals surface area contributed by atoms with E-state index >= 15 is 0 Å². The molecule has 1 unspecified atom stereocenters. The predicted molar refractivity (Wildman–Crippen MR) is 72.3 cm³/mol. The number of nitrogens with zero attached hydrogens (tertiary/aromatic N) is 1. The second-order valence-corrected chi connectivity index (χ2v) is 4.58. The van der Waals surface area contributed by atoms with E-state index in [0.717, 1.165) is 34.3 Å². The van der Waals surface area contributed by atoms with E-state index in [0.29, 0.717) is 0 Å². The molecule has 2 aromatic rings. The molecule has 0 saturated carbocycles. The number of pyridine rings is 1. The zero-order valence-electron chi connectivity index (χ0n) is 9.93. The van der Waals surface area contributed by atoms with Crippen LogP contribution in [0.3, 0.4) is 0 Å². The molecule has 2 rings (SSSR count). The molecule has 0 bridgehead atoms. The lowest BCUT2D eigenvalue weighted by atomic mass is 10.1. The zero-order chi connectivity index (χ0) is 14.3. The minimum atomic E-state index is -0.411. The first-order valence-corrected chi connectivity index (χ1v) is 6.20. The van der Waals surface area contributed by atoms with Crippen LogP contribution in [0, 0.1) is 11.6 Å². The summed E-state index contributed by atoms with van der Waals surface area (Å²) in [6.07, 6.45) is 3.32. The Morgan fingerprint density at radius 2 is 1.68 bits per heavy atom. The maximum absolute atomic E-state index is 11.9. The molecule has 3 nitrogen and oxygen atoms in total.